The molecule has 3 heteroatoms. The Balaban J connectivity index is 2.29. The number of allylic oxidation sites excluding steroid dienone is 2. The summed E-state index contributed by atoms with van der Waals surface area (Å²) in [5.41, 5.74) is 0.917. The number of ketones is 1. The maximum absolute atomic E-state index is 13.8. The summed E-state index contributed by atoms with van der Waals surface area (Å²) in [7, 11) is 0. The van der Waals surface area contributed by atoms with Gasteiger partial charge in [0.2, 0.25) is 0 Å². The molecular weight excluding hydrogens is 283 g/mol. The molecule has 1 aliphatic carbocycles. The van der Waals surface area contributed by atoms with Gasteiger partial charge in [-0.1, -0.05) is 19.1 Å². The minimum absolute atomic E-state index is 0.167. The molecule has 1 aliphatic rings. The summed E-state index contributed by atoms with van der Waals surface area (Å²) in [5, 5.41) is 0. The molecule has 1 atom stereocenters. The maximum Gasteiger partial charge on any atom is 0.191 e. The quantitative estimate of drug-likeness (QED) is 0.734. The van der Waals surface area contributed by atoms with Gasteiger partial charge in [-0.25, -0.2) is 4.39 Å². The summed E-state index contributed by atoms with van der Waals surface area (Å²) >= 11 is 3.10. The van der Waals surface area contributed by atoms with Crippen LogP contribution in [-0.2, 0) is 0 Å². The number of benzene rings is 1. The monoisotopic (exact) mass is 296 g/mol. The first-order valence-corrected chi connectivity index (χ1v) is 6.56. The van der Waals surface area contributed by atoms with E-state index in [1.54, 1.807) is 18.2 Å². The molecule has 0 radical (unpaired) electrons. The number of rotatable bonds is 2. The van der Waals surface area contributed by atoms with Crippen LogP contribution in [0.15, 0.2) is 34.3 Å². The summed E-state index contributed by atoms with van der Waals surface area (Å²) in [6.07, 6.45) is 4.63. The second-order valence-corrected chi connectivity index (χ2v) is 5.39. The molecule has 1 unspecified atom stereocenters. The fourth-order valence-electron chi connectivity index (χ4n) is 2.02. The third-order valence-electron chi connectivity index (χ3n) is 3.16. The topological polar surface area (TPSA) is 17.1 Å². The van der Waals surface area contributed by atoms with E-state index in [2.05, 4.69) is 22.9 Å². The SMILES string of the molecule is CC1CC=C(C(=O)c2cccc(Br)c2F)CC1. The van der Waals surface area contributed by atoms with Crippen LogP contribution >= 0.6 is 15.9 Å². The number of carbonyl (C=O) groups is 1. The van der Waals surface area contributed by atoms with E-state index in [-0.39, 0.29) is 11.3 Å². The number of Topliss-reactive ketones (excluding diaryl/α,β-unsaturated/α-hetero) is 1. The van der Waals surface area contributed by atoms with Gasteiger partial charge in [0.05, 0.1) is 10.0 Å². The predicted octanol–water partition coefficient (Wildman–Crippen LogP) is 4.52. The van der Waals surface area contributed by atoms with Crippen molar-refractivity contribution in [3.05, 3.63) is 45.7 Å². The Bertz CT molecular complexity index is 479. The molecule has 0 heterocycles. The van der Waals surface area contributed by atoms with E-state index in [1.807, 2.05) is 6.08 Å². The number of hydrogen-bond donors (Lipinski definition) is 0. The van der Waals surface area contributed by atoms with Crippen molar-refractivity contribution in [3.8, 4) is 0 Å². The summed E-state index contributed by atoms with van der Waals surface area (Å²) in [6.45, 7) is 2.16. The van der Waals surface area contributed by atoms with E-state index in [9.17, 15) is 9.18 Å². The zero-order chi connectivity index (χ0) is 12.4. The normalized spacial score (nSPS) is 19.9. The lowest BCUT2D eigenvalue weighted by molar-refractivity contribution is 0.102. The average Bonchev–Trinajstić information content (AvgIpc) is 2.33. The van der Waals surface area contributed by atoms with Crippen molar-refractivity contribution in [1.82, 2.24) is 0 Å². The minimum atomic E-state index is -0.461. The van der Waals surface area contributed by atoms with E-state index in [1.165, 1.54) is 0 Å². The first-order valence-electron chi connectivity index (χ1n) is 5.77. The molecule has 0 saturated carbocycles. The first kappa shape index (κ1) is 12.5. The molecule has 90 valence electrons. The van der Waals surface area contributed by atoms with Crippen LogP contribution in [0.3, 0.4) is 0 Å². The van der Waals surface area contributed by atoms with Gasteiger partial charge in [-0.2, -0.15) is 0 Å². The van der Waals surface area contributed by atoms with Gasteiger partial charge in [-0.15, -0.1) is 0 Å². The summed E-state index contributed by atoms with van der Waals surface area (Å²) in [5.74, 6) is -0.00775. The Morgan fingerprint density at radius 2 is 2.24 bits per heavy atom. The lowest BCUT2D eigenvalue weighted by atomic mass is 9.87. The van der Waals surface area contributed by atoms with Gasteiger partial charge in [-0.3, -0.25) is 4.79 Å². The molecule has 2 rings (SSSR count). The fraction of sp³-hybridized carbons (Fsp3) is 0.357. The van der Waals surface area contributed by atoms with Crippen LogP contribution in [0.1, 0.15) is 36.5 Å². The van der Waals surface area contributed by atoms with Gasteiger partial charge in [0.25, 0.3) is 0 Å². The van der Waals surface area contributed by atoms with Gasteiger partial charge < -0.3 is 0 Å². The zero-order valence-electron chi connectivity index (χ0n) is 9.67. The van der Waals surface area contributed by atoms with Gasteiger partial charge >= 0.3 is 0 Å². The smallest absolute Gasteiger partial charge is 0.191 e. The Labute approximate surface area is 109 Å². The molecule has 0 amide bonds. The summed E-state index contributed by atoms with van der Waals surface area (Å²) in [6, 6.07) is 4.83. The maximum atomic E-state index is 13.8. The van der Waals surface area contributed by atoms with Crippen molar-refractivity contribution >= 4 is 21.7 Å². The Morgan fingerprint density at radius 3 is 2.88 bits per heavy atom. The van der Waals surface area contributed by atoms with Gasteiger partial charge in [0, 0.05) is 0 Å². The highest BCUT2D eigenvalue weighted by Crippen LogP contribution is 2.27. The molecule has 0 spiro atoms. The predicted molar refractivity (Wildman–Crippen MR) is 69.5 cm³/mol. The molecule has 0 aromatic heterocycles. The number of hydrogen-bond acceptors (Lipinski definition) is 1. The number of carbonyl (C=O) groups excluding carboxylic acids is 1. The largest absolute Gasteiger partial charge is 0.289 e. The fourth-order valence-corrected chi connectivity index (χ4v) is 2.39. The van der Waals surface area contributed by atoms with Gasteiger partial charge in [0.1, 0.15) is 5.82 Å². The lowest BCUT2D eigenvalue weighted by Gasteiger charge is -2.17. The molecule has 0 N–H and O–H groups in total. The van der Waals surface area contributed by atoms with Crippen LogP contribution in [0.2, 0.25) is 0 Å². The Hall–Kier alpha value is -0.960. The van der Waals surface area contributed by atoms with E-state index in [0.29, 0.717) is 10.4 Å². The summed E-state index contributed by atoms with van der Waals surface area (Å²) < 4.78 is 14.1. The van der Waals surface area contributed by atoms with Crippen molar-refractivity contribution < 1.29 is 9.18 Å². The highest BCUT2D eigenvalue weighted by molar-refractivity contribution is 9.10. The van der Waals surface area contributed by atoms with Gasteiger partial charge in [-0.05, 0) is 58.8 Å². The van der Waals surface area contributed by atoms with Crippen molar-refractivity contribution in [2.75, 3.05) is 0 Å². The van der Waals surface area contributed by atoms with E-state index in [4.69, 9.17) is 0 Å². The molecule has 1 aromatic rings. The Morgan fingerprint density at radius 1 is 1.47 bits per heavy atom. The van der Waals surface area contributed by atoms with E-state index >= 15 is 0 Å². The van der Waals surface area contributed by atoms with Crippen molar-refractivity contribution in [2.24, 2.45) is 5.92 Å². The van der Waals surface area contributed by atoms with Crippen molar-refractivity contribution in [3.63, 3.8) is 0 Å². The van der Waals surface area contributed by atoms with Crippen LogP contribution in [0.4, 0.5) is 4.39 Å². The number of halogens is 2. The minimum Gasteiger partial charge on any atom is -0.289 e. The third kappa shape index (κ3) is 2.65. The molecule has 0 fully saturated rings. The third-order valence-corrected chi connectivity index (χ3v) is 3.77. The van der Waals surface area contributed by atoms with E-state index in [0.717, 1.165) is 24.8 Å². The Kier molecular flexibility index (Phi) is 3.77. The van der Waals surface area contributed by atoms with E-state index < -0.39 is 5.82 Å². The van der Waals surface area contributed by atoms with Crippen LogP contribution < -0.4 is 0 Å². The zero-order valence-corrected chi connectivity index (χ0v) is 11.3. The van der Waals surface area contributed by atoms with Crippen LogP contribution in [-0.4, -0.2) is 5.78 Å². The second kappa shape index (κ2) is 5.13. The first-order chi connectivity index (χ1) is 8.09. The molecule has 0 aliphatic heterocycles. The molecule has 1 nitrogen and oxygen atoms in total. The molecule has 1 aromatic carbocycles. The summed E-state index contributed by atoms with van der Waals surface area (Å²) in [4.78, 5) is 12.2. The van der Waals surface area contributed by atoms with Crippen molar-refractivity contribution in [2.45, 2.75) is 26.2 Å². The molecule has 17 heavy (non-hydrogen) atoms. The van der Waals surface area contributed by atoms with Crippen LogP contribution in [0.25, 0.3) is 0 Å². The second-order valence-electron chi connectivity index (χ2n) is 4.54. The molecular formula is C14H14BrFO. The highest BCUT2D eigenvalue weighted by atomic mass is 79.9. The highest BCUT2D eigenvalue weighted by Gasteiger charge is 2.20. The van der Waals surface area contributed by atoms with Crippen LogP contribution in [0.5, 0.6) is 0 Å². The van der Waals surface area contributed by atoms with Crippen LogP contribution in [0, 0.1) is 11.7 Å². The van der Waals surface area contributed by atoms with Crippen molar-refractivity contribution in [1.29, 1.82) is 0 Å². The lowest BCUT2D eigenvalue weighted by Crippen LogP contribution is -2.11. The molecule has 0 saturated heterocycles. The molecule has 0 bridgehead atoms. The average molecular weight is 297 g/mol. The van der Waals surface area contributed by atoms with Gasteiger partial charge in [0.15, 0.2) is 5.78 Å². The standard InChI is InChI=1S/C14H14BrFO/c1-9-5-7-10(8-6-9)14(17)11-3-2-4-12(15)13(11)16/h2-4,7,9H,5-6,8H2,1H3.